The van der Waals surface area contributed by atoms with E-state index in [0.717, 1.165) is 17.4 Å². The van der Waals surface area contributed by atoms with Gasteiger partial charge in [0, 0.05) is 30.6 Å². The fourth-order valence-corrected chi connectivity index (χ4v) is 5.28. The van der Waals surface area contributed by atoms with Crippen LogP contribution in [0.2, 0.25) is 5.02 Å². The summed E-state index contributed by atoms with van der Waals surface area (Å²) in [6, 6.07) is 11.7. The lowest BCUT2D eigenvalue weighted by molar-refractivity contribution is -0.141. The summed E-state index contributed by atoms with van der Waals surface area (Å²) in [7, 11) is -2.04. The summed E-state index contributed by atoms with van der Waals surface area (Å²) < 4.78 is 31.7. The van der Waals surface area contributed by atoms with Crippen molar-refractivity contribution in [2.24, 2.45) is 0 Å². The molecule has 0 bridgehead atoms. The van der Waals surface area contributed by atoms with Gasteiger partial charge in [-0.2, -0.15) is 0 Å². The molecule has 8 nitrogen and oxygen atoms in total. The number of methoxy groups -OCH3 is 1. The Bertz CT molecular complexity index is 1190. The van der Waals surface area contributed by atoms with Crippen LogP contribution in [0.4, 0.5) is 5.69 Å². The van der Waals surface area contributed by atoms with Crippen molar-refractivity contribution in [3.05, 3.63) is 58.6 Å². The lowest BCUT2D eigenvalue weighted by atomic mass is 10.1. The summed E-state index contributed by atoms with van der Waals surface area (Å²) >= 11 is 6.12. The molecule has 2 rings (SSSR count). The number of amides is 2. The van der Waals surface area contributed by atoms with Crippen LogP contribution in [-0.2, 0) is 26.2 Å². The summed E-state index contributed by atoms with van der Waals surface area (Å²) in [6.07, 6.45) is 1.91. The second kappa shape index (κ2) is 13.7. The SMILES string of the molecule is CCC(C(=O)NC(C)C)N(Cc1cccc(OC)c1)C(=O)CCCN(c1cc(Cl)ccc1C)S(C)(=O)=O. The summed E-state index contributed by atoms with van der Waals surface area (Å²) in [6.45, 7) is 7.75. The molecule has 1 atom stereocenters. The first kappa shape index (κ1) is 30.4. The molecule has 2 aromatic rings. The first-order chi connectivity index (χ1) is 17.4. The molecule has 37 heavy (non-hydrogen) atoms. The largest absolute Gasteiger partial charge is 0.497 e. The number of rotatable bonds is 13. The minimum atomic E-state index is -3.61. The molecule has 0 saturated heterocycles. The predicted molar refractivity (Wildman–Crippen MR) is 149 cm³/mol. The summed E-state index contributed by atoms with van der Waals surface area (Å²) in [4.78, 5) is 28.1. The second-order valence-electron chi connectivity index (χ2n) is 9.33. The Balaban J connectivity index is 2.27. The molecular weight excluding hydrogens is 514 g/mol. The number of hydrogen-bond donors (Lipinski definition) is 1. The normalized spacial score (nSPS) is 12.2. The predicted octanol–water partition coefficient (Wildman–Crippen LogP) is 4.54. The number of carbonyl (C=O) groups excluding carboxylic acids is 2. The zero-order valence-corrected chi connectivity index (χ0v) is 24.0. The van der Waals surface area contributed by atoms with Crippen LogP contribution in [0.1, 0.15) is 51.2 Å². The number of benzene rings is 2. The maximum atomic E-state index is 13.5. The Morgan fingerprint density at radius 1 is 1.14 bits per heavy atom. The number of aryl methyl sites for hydroxylation is 1. The van der Waals surface area contributed by atoms with Gasteiger partial charge >= 0.3 is 0 Å². The van der Waals surface area contributed by atoms with Crippen molar-refractivity contribution in [1.82, 2.24) is 10.2 Å². The molecule has 204 valence electrons. The number of sulfonamides is 1. The highest BCUT2D eigenvalue weighted by atomic mass is 35.5. The average Bonchev–Trinajstić information content (AvgIpc) is 2.82. The number of nitrogens with one attached hydrogen (secondary N) is 1. The molecule has 2 amide bonds. The number of hydrogen-bond acceptors (Lipinski definition) is 5. The van der Waals surface area contributed by atoms with E-state index < -0.39 is 16.1 Å². The Labute approximate surface area is 226 Å². The molecule has 0 aliphatic carbocycles. The van der Waals surface area contributed by atoms with Crippen LogP contribution in [0.5, 0.6) is 5.75 Å². The third-order valence-corrected chi connectivity index (χ3v) is 7.31. The van der Waals surface area contributed by atoms with Crippen molar-refractivity contribution in [2.45, 2.75) is 65.6 Å². The fourth-order valence-electron chi connectivity index (χ4n) is 4.10. The maximum absolute atomic E-state index is 13.5. The van der Waals surface area contributed by atoms with Gasteiger partial charge in [-0.1, -0.05) is 36.7 Å². The van der Waals surface area contributed by atoms with E-state index in [2.05, 4.69) is 5.32 Å². The minimum Gasteiger partial charge on any atom is -0.497 e. The van der Waals surface area contributed by atoms with E-state index in [0.29, 0.717) is 22.9 Å². The summed E-state index contributed by atoms with van der Waals surface area (Å²) in [5.41, 5.74) is 2.08. The molecular formula is C27H38ClN3O5S. The van der Waals surface area contributed by atoms with Crippen molar-refractivity contribution >= 4 is 39.1 Å². The monoisotopic (exact) mass is 551 g/mol. The molecule has 2 aromatic carbocycles. The molecule has 0 radical (unpaired) electrons. The molecule has 1 unspecified atom stereocenters. The highest BCUT2D eigenvalue weighted by Gasteiger charge is 2.29. The van der Waals surface area contributed by atoms with Gasteiger partial charge in [-0.25, -0.2) is 8.42 Å². The van der Waals surface area contributed by atoms with Gasteiger partial charge in [0.15, 0.2) is 0 Å². The lowest BCUT2D eigenvalue weighted by Gasteiger charge is -2.32. The summed E-state index contributed by atoms with van der Waals surface area (Å²) in [5.74, 6) is 0.205. The van der Waals surface area contributed by atoms with Gasteiger partial charge in [0.25, 0.3) is 0 Å². The third-order valence-electron chi connectivity index (χ3n) is 5.90. The van der Waals surface area contributed by atoms with Crippen LogP contribution >= 0.6 is 11.6 Å². The molecule has 0 aromatic heterocycles. The number of anilines is 1. The van der Waals surface area contributed by atoms with Crippen molar-refractivity contribution in [3.63, 3.8) is 0 Å². The molecule has 0 aliphatic rings. The van der Waals surface area contributed by atoms with Gasteiger partial charge in [0.1, 0.15) is 11.8 Å². The van der Waals surface area contributed by atoms with Gasteiger partial charge < -0.3 is 15.0 Å². The van der Waals surface area contributed by atoms with Crippen LogP contribution in [0.25, 0.3) is 0 Å². The summed E-state index contributed by atoms with van der Waals surface area (Å²) in [5, 5.41) is 3.33. The van der Waals surface area contributed by atoms with Crippen LogP contribution in [0.3, 0.4) is 0 Å². The number of nitrogens with zero attached hydrogens (tertiary/aromatic N) is 2. The Morgan fingerprint density at radius 2 is 1.84 bits per heavy atom. The van der Waals surface area contributed by atoms with Crippen LogP contribution in [0.15, 0.2) is 42.5 Å². The quantitative estimate of drug-likeness (QED) is 0.394. The highest BCUT2D eigenvalue weighted by Crippen LogP contribution is 2.27. The van der Waals surface area contributed by atoms with E-state index in [1.807, 2.05) is 52.0 Å². The van der Waals surface area contributed by atoms with Crippen LogP contribution < -0.4 is 14.4 Å². The number of carbonyl (C=O) groups is 2. The average molecular weight is 552 g/mol. The van der Waals surface area contributed by atoms with E-state index in [9.17, 15) is 18.0 Å². The fraction of sp³-hybridized carbons (Fsp3) is 0.481. The van der Waals surface area contributed by atoms with Gasteiger partial charge in [0.2, 0.25) is 21.8 Å². The molecule has 0 heterocycles. The van der Waals surface area contributed by atoms with Crippen molar-refractivity contribution < 1.29 is 22.7 Å². The van der Waals surface area contributed by atoms with Gasteiger partial charge in [-0.3, -0.25) is 13.9 Å². The standard InChI is InChI=1S/C27H38ClN3O5S/c1-7-24(27(33)29-19(2)3)30(18-21-10-8-11-23(16-21)36-5)26(32)12-9-15-31(37(6,34)35)25-17-22(28)14-13-20(25)4/h8,10-11,13-14,16-17,19,24H,7,9,12,15,18H2,1-6H3,(H,29,33). The second-order valence-corrected chi connectivity index (χ2v) is 11.7. The van der Waals surface area contributed by atoms with E-state index in [1.54, 1.807) is 30.2 Å². The topological polar surface area (TPSA) is 96.0 Å². The number of halogens is 1. The molecule has 0 saturated carbocycles. The van der Waals surface area contributed by atoms with Crippen molar-refractivity contribution in [3.8, 4) is 5.75 Å². The molecule has 0 aliphatic heterocycles. The van der Waals surface area contributed by atoms with Crippen LogP contribution in [-0.4, -0.2) is 57.1 Å². The number of ether oxygens (including phenoxy) is 1. The molecule has 1 N–H and O–H groups in total. The lowest BCUT2D eigenvalue weighted by Crippen LogP contribution is -2.50. The smallest absolute Gasteiger partial charge is 0.243 e. The Kier molecular flexibility index (Phi) is 11.3. The molecule has 0 spiro atoms. The zero-order valence-electron chi connectivity index (χ0n) is 22.5. The minimum absolute atomic E-state index is 0.0698. The van der Waals surface area contributed by atoms with Gasteiger partial charge in [-0.15, -0.1) is 0 Å². The Morgan fingerprint density at radius 3 is 2.43 bits per heavy atom. The van der Waals surface area contributed by atoms with E-state index in [4.69, 9.17) is 16.3 Å². The first-order valence-corrected chi connectivity index (χ1v) is 14.6. The van der Waals surface area contributed by atoms with Crippen LogP contribution in [0, 0.1) is 6.92 Å². The van der Waals surface area contributed by atoms with Gasteiger partial charge in [0.05, 0.1) is 19.1 Å². The zero-order chi connectivity index (χ0) is 27.8. The maximum Gasteiger partial charge on any atom is 0.243 e. The van der Waals surface area contributed by atoms with Crippen molar-refractivity contribution in [2.75, 3.05) is 24.2 Å². The highest BCUT2D eigenvalue weighted by molar-refractivity contribution is 7.92. The van der Waals surface area contributed by atoms with E-state index in [1.165, 1.54) is 4.31 Å². The third kappa shape index (κ3) is 8.93. The first-order valence-electron chi connectivity index (χ1n) is 12.3. The molecule has 0 fully saturated rings. The Hall–Kier alpha value is -2.78. The van der Waals surface area contributed by atoms with Gasteiger partial charge in [-0.05, 0) is 69.0 Å². The van der Waals surface area contributed by atoms with E-state index in [-0.39, 0.29) is 43.8 Å². The molecule has 10 heteroatoms. The van der Waals surface area contributed by atoms with E-state index >= 15 is 0 Å². The van der Waals surface area contributed by atoms with Crippen molar-refractivity contribution in [1.29, 1.82) is 0 Å².